The van der Waals surface area contributed by atoms with Crippen molar-refractivity contribution in [3.63, 3.8) is 0 Å². The van der Waals surface area contributed by atoms with Crippen LogP contribution < -0.4 is 5.32 Å². The van der Waals surface area contributed by atoms with Gasteiger partial charge in [-0.05, 0) is 31.7 Å². The largest absolute Gasteiger partial charge is 0.384 e. The minimum atomic E-state index is 0.426. The molecule has 0 saturated heterocycles. The molecule has 0 amide bonds. The van der Waals surface area contributed by atoms with Crippen molar-refractivity contribution in [1.82, 2.24) is 5.32 Å². The van der Waals surface area contributed by atoms with Gasteiger partial charge in [0.05, 0.1) is 6.61 Å². The van der Waals surface area contributed by atoms with Crippen molar-refractivity contribution in [2.24, 2.45) is 11.3 Å². The summed E-state index contributed by atoms with van der Waals surface area (Å²) in [6, 6.07) is 0. The van der Waals surface area contributed by atoms with Gasteiger partial charge in [-0.2, -0.15) is 0 Å². The molecule has 114 valence electrons. The molecule has 0 bridgehead atoms. The Balaban J connectivity index is 2.30. The maximum absolute atomic E-state index is 5.56. The first kappa shape index (κ1) is 17.0. The summed E-state index contributed by atoms with van der Waals surface area (Å²) >= 11 is 0. The van der Waals surface area contributed by atoms with Gasteiger partial charge in [0.25, 0.3) is 0 Å². The number of hydrogen-bond donors (Lipinski definition) is 1. The Morgan fingerprint density at radius 1 is 1.05 bits per heavy atom. The first-order chi connectivity index (χ1) is 9.29. The second kappa shape index (κ2) is 9.77. The average molecular weight is 269 g/mol. The van der Waals surface area contributed by atoms with E-state index in [9.17, 15) is 0 Å². The average Bonchev–Trinajstić information content (AvgIpc) is 3.24. The topological polar surface area (TPSA) is 21.3 Å². The first-order valence-corrected chi connectivity index (χ1v) is 8.48. The summed E-state index contributed by atoms with van der Waals surface area (Å²) in [7, 11) is 1.87. The third kappa shape index (κ3) is 6.27. The quantitative estimate of drug-likeness (QED) is 0.501. The van der Waals surface area contributed by atoms with Gasteiger partial charge >= 0.3 is 0 Å². The van der Waals surface area contributed by atoms with E-state index in [0.29, 0.717) is 5.41 Å². The van der Waals surface area contributed by atoms with Gasteiger partial charge in [-0.1, -0.05) is 52.4 Å². The molecule has 2 heteroatoms. The van der Waals surface area contributed by atoms with Gasteiger partial charge in [0.15, 0.2) is 0 Å². The van der Waals surface area contributed by atoms with Crippen molar-refractivity contribution >= 4 is 0 Å². The van der Waals surface area contributed by atoms with Crippen LogP contribution in [-0.4, -0.2) is 26.8 Å². The number of methoxy groups -OCH3 is 1. The molecule has 0 aromatic heterocycles. The first-order valence-electron chi connectivity index (χ1n) is 8.48. The van der Waals surface area contributed by atoms with E-state index in [1.807, 2.05) is 7.11 Å². The fraction of sp³-hybridized carbons (Fsp3) is 1.00. The second-order valence-corrected chi connectivity index (χ2v) is 6.37. The highest BCUT2D eigenvalue weighted by atomic mass is 16.5. The van der Waals surface area contributed by atoms with Crippen LogP contribution in [0.3, 0.4) is 0 Å². The zero-order chi connectivity index (χ0) is 14.0. The van der Waals surface area contributed by atoms with Gasteiger partial charge in [0.1, 0.15) is 0 Å². The molecule has 1 unspecified atom stereocenters. The summed E-state index contributed by atoms with van der Waals surface area (Å²) in [5.74, 6) is 0.919. The lowest BCUT2D eigenvalue weighted by molar-refractivity contribution is 0.0520. The van der Waals surface area contributed by atoms with Crippen LogP contribution in [0.15, 0.2) is 0 Å². The Bertz CT molecular complexity index is 215. The van der Waals surface area contributed by atoms with Crippen molar-refractivity contribution in [2.75, 3.05) is 26.8 Å². The molecule has 1 aliphatic carbocycles. The molecule has 0 spiro atoms. The van der Waals surface area contributed by atoms with Gasteiger partial charge in [-0.15, -0.1) is 0 Å². The van der Waals surface area contributed by atoms with E-state index >= 15 is 0 Å². The third-order valence-corrected chi connectivity index (χ3v) is 4.63. The Morgan fingerprint density at radius 3 is 2.32 bits per heavy atom. The standard InChI is InChI=1S/C17H35NO/c1-4-6-7-8-9-10-13-17(15-19-3,14-18-5-2)16-11-12-16/h16,18H,4-15H2,1-3H3. The van der Waals surface area contributed by atoms with Gasteiger partial charge in [0.2, 0.25) is 0 Å². The van der Waals surface area contributed by atoms with E-state index in [1.165, 1.54) is 57.8 Å². The lowest BCUT2D eigenvalue weighted by atomic mass is 9.78. The number of hydrogen-bond acceptors (Lipinski definition) is 2. The summed E-state index contributed by atoms with van der Waals surface area (Å²) in [6.45, 7) is 7.66. The fourth-order valence-corrected chi connectivity index (χ4v) is 3.29. The lowest BCUT2D eigenvalue weighted by Gasteiger charge is -2.34. The van der Waals surface area contributed by atoms with Crippen LogP contribution in [0.5, 0.6) is 0 Å². The Hall–Kier alpha value is -0.0800. The predicted molar refractivity (Wildman–Crippen MR) is 83.6 cm³/mol. The molecular formula is C17H35NO. The van der Waals surface area contributed by atoms with Crippen LogP contribution in [0.4, 0.5) is 0 Å². The minimum absolute atomic E-state index is 0.426. The van der Waals surface area contributed by atoms with Crippen LogP contribution in [0.2, 0.25) is 0 Å². The molecule has 1 rings (SSSR count). The van der Waals surface area contributed by atoms with Crippen molar-refractivity contribution in [3.05, 3.63) is 0 Å². The van der Waals surface area contributed by atoms with Gasteiger partial charge < -0.3 is 10.1 Å². The molecule has 0 aliphatic heterocycles. The number of rotatable bonds is 13. The minimum Gasteiger partial charge on any atom is -0.384 e. The lowest BCUT2D eigenvalue weighted by Crippen LogP contribution is -2.40. The zero-order valence-electron chi connectivity index (χ0n) is 13.5. The molecular weight excluding hydrogens is 234 g/mol. The molecule has 1 saturated carbocycles. The highest BCUT2D eigenvalue weighted by Gasteiger charge is 2.44. The Kier molecular flexibility index (Phi) is 8.72. The van der Waals surface area contributed by atoms with Gasteiger partial charge in [-0.3, -0.25) is 0 Å². The number of unbranched alkanes of at least 4 members (excludes halogenated alkanes) is 5. The SMILES string of the molecule is CCCCCCCCC(CNCC)(COC)C1CC1. The van der Waals surface area contributed by atoms with Crippen LogP contribution in [0.1, 0.15) is 71.6 Å². The predicted octanol–water partition coefficient (Wildman–Crippen LogP) is 4.39. The second-order valence-electron chi connectivity index (χ2n) is 6.37. The molecule has 1 atom stereocenters. The van der Waals surface area contributed by atoms with E-state index in [2.05, 4.69) is 19.2 Å². The van der Waals surface area contributed by atoms with Crippen LogP contribution in [0, 0.1) is 11.3 Å². The maximum atomic E-state index is 5.56. The summed E-state index contributed by atoms with van der Waals surface area (Å²) in [5, 5.41) is 3.58. The molecule has 0 radical (unpaired) electrons. The van der Waals surface area contributed by atoms with Gasteiger partial charge in [-0.25, -0.2) is 0 Å². The van der Waals surface area contributed by atoms with E-state index in [4.69, 9.17) is 4.74 Å². The molecule has 1 N–H and O–H groups in total. The van der Waals surface area contributed by atoms with Crippen molar-refractivity contribution in [1.29, 1.82) is 0 Å². The molecule has 0 aromatic carbocycles. The molecule has 0 heterocycles. The Morgan fingerprint density at radius 2 is 1.74 bits per heavy atom. The van der Waals surface area contributed by atoms with Crippen LogP contribution >= 0.6 is 0 Å². The zero-order valence-corrected chi connectivity index (χ0v) is 13.5. The summed E-state index contributed by atoms with van der Waals surface area (Å²) in [4.78, 5) is 0. The van der Waals surface area contributed by atoms with Crippen molar-refractivity contribution in [2.45, 2.75) is 71.6 Å². The van der Waals surface area contributed by atoms with Crippen molar-refractivity contribution < 1.29 is 4.74 Å². The van der Waals surface area contributed by atoms with E-state index < -0.39 is 0 Å². The molecule has 2 nitrogen and oxygen atoms in total. The molecule has 1 fully saturated rings. The molecule has 19 heavy (non-hydrogen) atoms. The van der Waals surface area contributed by atoms with E-state index in [1.54, 1.807) is 0 Å². The number of nitrogens with one attached hydrogen (secondary N) is 1. The number of ether oxygens (including phenoxy) is 1. The Labute approximate surface area is 120 Å². The monoisotopic (exact) mass is 269 g/mol. The highest BCUT2D eigenvalue weighted by molar-refractivity contribution is 4.95. The van der Waals surface area contributed by atoms with Crippen LogP contribution in [-0.2, 0) is 4.74 Å². The van der Waals surface area contributed by atoms with Crippen molar-refractivity contribution in [3.8, 4) is 0 Å². The van der Waals surface area contributed by atoms with E-state index in [-0.39, 0.29) is 0 Å². The smallest absolute Gasteiger partial charge is 0.0533 e. The molecule has 1 aliphatic rings. The maximum Gasteiger partial charge on any atom is 0.0533 e. The fourth-order valence-electron chi connectivity index (χ4n) is 3.29. The summed E-state index contributed by atoms with van der Waals surface area (Å²) in [6.07, 6.45) is 12.6. The highest BCUT2D eigenvalue weighted by Crippen LogP contribution is 2.48. The summed E-state index contributed by atoms with van der Waals surface area (Å²) < 4.78 is 5.56. The summed E-state index contributed by atoms with van der Waals surface area (Å²) in [5.41, 5.74) is 0.426. The normalized spacial score (nSPS) is 18.5. The molecule has 0 aromatic rings. The van der Waals surface area contributed by atoms with Gasteiger partial charge in [0, 0.05) is 19.1 Å². The van der Waals surface area contributed by atoms with E-state index in [0.717, 1.165) is 25.6 Å². The van der Waals surface area contributed by atoms with Crippen LogP contribution in [0.25, 0.3) is 0 Å². The third-order valence-electron chi connectivity index (χ3n) is 4.63.